The average Bonchev–Trinajstić information content (AvgIpc) is 3.62. The molecular formula is C43H46Cl2Zr-2. The average molecular weight is 725 g/mol. The quantitative estimate of drug-likeness (QED) is 0.225. The molecule has 0 atom stereocenters. The SMILES string of the molecule is Cc1[c-]c2c(cc1C)-c1cc(C)c(C)cc1C2.Cc1cc(C2(C)CCCCC2)c[cH-]1.[Cl-].[Cl-].[Zr+2]=[C](c1ccccc1)c1ccccc1. The zero-order chi connectivity index (χ0) is 31.3. The van der Waals surface area contributed by atoms with Crippen LogP contribution in [0.25, 0.3) is 11.1 Å². The van der Waals surface area contributed by atoms with Crippen molar-refractivity contribution >= 4 is 3.21 Å². The van der Waals surface area contributed by atoms with Gasteiger partial charge in [-0.05, 0) is 37.0 Å². The molecule has 0 bridgehead atoms. The Kier molecular flexibility index (Phi) is 14.1. The Morgan fingerprint density at radius 2 is 1.24 bits per heavy atom. The minimum absolute atomic E-state index is 0. The third-order valence-electron chi connectivity index (χ3n) is 9.68. The Labute approximate surface area is 305 Å². The summed E-state index contributed by atoms with van der Waals surface area (Å²) in [6.07, 6.45) is 8.09. The van der Waals surface area contributed by atoms with E-state index < -0.39 is 0 Å². The molecule has 0 heterocycles. The number of fused-ring (bicyclic) bond motifs is 3. The monoisotopic (exact) mass is 722 g/mol. The van der Waals surface area contributed by atoms with E-state index in [4.69, 9.17) is 0 Å². The number of rotatable bonds is 3. The van der Waals surface area contributed by atoms with Crippen LogP contribution in [0.3, 0.4) is 0 Å². The van der Waals surface area contributed by atoms with Gasteiger partial charge in [-0.3, -0.25) is 0 Å². The molecule has 0 nitrogen and oxygen atoms in total. The molecule has 3 heteroatoms. The Bertz CT molecular complexity index is 1630. The van der Waals surface area contributed by atoms with Crippen molar-refractivity contribution in [2.45, 2.75) is 85.5 Å². The fraction of sp³-hybridized carbons (Fsp3) is 0.302. The van der Waals surface area contributed by atoms with Gasteiger partial charge in [0.1, 0.15) is 0 Å². The molecule has 0 aliphatic heterocycles. The number of halogens is 2. The molecule has 2 aliphatic rings. The Balaban J connectivity index is 0.000000186. The zero-order valence-corrected chi connectivity index (χ0v) is 32.2. The standard InChI is InChI=1S/C17H17.C13H19.C13H10.2ClH.Zr/c1-10-5-14-9-15-6-11(2)13(4)8-17(15)16(14)7-12(10)3;1-11-6-7-12(10-11)13(2)8-4-3-5-9-13;1-3-7-12(8-4-1)11-13-9-5-2-6-10-13;;;/h5,7-8H,9H2,1-4H3;6-7,10H,3-5,8-9H2,1-2H3;1-10H;2*1H;/q2*-1;;;;+2/p-2. The van der Waals surface area contributed by atoms with Crippen molar-refractivity contribution in [3.05, 3.63) is 159 Å². The molecule has 7 rings (SSSR count). The second kappa shape index (κ2) is 17.1. The minimum atomic E-state index is 0. The number of benzene rings is 4. The van der Waals surface area contributed by atoms with E-state index in [-0.39, 0.29) is 24.8 Å². The van der Waals surface area contributed by atoms with Crippen molar-refractivity contribution in [1.82, 2.24) is 0 Å². The van der Waals surface area contributed by atoms with Crippen LogP contribution in [-0.2, 0) is 36.1 Å². The molecule has 0 saturated heterocycles. The summed E-state index contributed by atoms with van der Waals surface area (Å²) in [4.78, 5) is 0. The third kappa shape index (κ3) is 9.13. The molecule has 46 heavy (non-hydrogen) atoms. The number of hydrogen-bond acceptors (Lipinski definition) is 0. The summed E-state index contributed by atoms with van der Waals surface area (Å²) < 4.78 is 1.42. The van der Waals surface area contributed by atoms with Crippen molar-refractivity contribution in [3.8, 4) is 11.1 Å². The molecule has 5 aromatic carbocycles. The molecule has 0 radical (unpaired) electrons. The summed E-state index contributed by atoms with van der Waals surface area (Å²) in [7, 11) is 0. The van der Waals surface area contributed by atoms with Crippen LogP contribution in [-0.4, -0.2) is 3.21 Å². The van der Waals surface area contributed by atoms with Crippen LogP contribution in [0.2, 0.25) is 0 Å². The van der Waals surface area contributed by atoms with Gasteiger partial charge < -0.3 is 24.8 Å². The van der Waals surface area contributed by atoms with Gasteiger partial charge in [-0.1, -0.05) is 82.9 Å². The summed E-state index contributed by atoms with van der Waals surface area (Å²) >= 11 is 1.46. The number of aryl methyl sites for hydroxylation is 5. The van der Waals surface area contributed by atoms with E-state index in [0.29, 0.717) is 5.41 Å². The fourth-order valence-corrected chi connectivity index (χ4v) is 7.40. The molecule has 1 saturated carbocycles. The summed E-state index contributed by atoms with van der Waals surface area (Å²) in [6, 6.07) is 38.6. The van der Waals surface area contributed by atoms with Gasteiger partial charge in [0.25, 0.3) is 0 Å². The zero-order valence-electron chi connectivity index (χ0n) is 28.2. The van der Waals surface area contributed by atoms with E-state index in [0.717, 1.165) is 6.42 Å². The molecular weight excluding hydrogens is 679 g/mol. The van der Waals surface area contributed by atoms with E-state index in [9.17, 15) is 0 Å². The predicted molar refractivity (Wildman–Crippen MR) is 186 cm³/mol. The van der Waals surface area contributed by atoms with Gasteiger partial charge in [0.05, 0.1) is 0 Å². The first-order valence-electron chi connectivity index (χ1n) is 16.2. The maximum absolute atomic E-state index is 3.54. The predicted octanol–water partition coefficient (Wildman–Crippen LogP) is 5.04. The van der Waals surface area contributed by atoms with Gasteiger partial charge >= 0.3 is 99.2 Å². The Morgan fingerprint density at radius 3 is 1.78 bits per heavy atom. The molecule has 0 N–H and O–H groups in total. The van der Waals surface area contributed by atoms with Crippen molar-refractivity contribution in [2.75, 3.05) is 0 Å². The van der Waals surface area contributed by atoms with E-state index >= 15 is 0 Å². The van der Waals surface area contributed by atoms with Crippen molar-refractivity contribution < 1.29 is 49.0 Å². The van der Waals surface area contributed by atoms with Crippen molar-refractivity contribution in [3.63, 3.8) is 0 Å². The van der Waals surface area contributed by atoms with Crippen LogP contribution < -0.4 is 24.8 Å². The fourth-order valence-electron chi connectivity index (χ4n) is 6.58. The van der Waals surface area contributed by atoms with Crippen molar-refractivity contribution in [2.24, 2.45) is 0 Å². The number of hydrogen-bond donors (Lipinski definition) is 0. The summed E-state index contributed by atoms with van der Waals surface area (Å²) in [5, 5.41) is 0. The van der Waals surface area contributed by atoms with Crippen LogP contribution in [0.15, 0.2) is 97.1 Å². The van der Waals surface area contributed by atoms with E-state index in [1.54, 1.807) is 5.56 Å². The van der Waals surface area contributed by atoms with Crippen LogP contribution in [0.1, 0.15) is 94.7 Å². The molecule has 0 unspecified atom stereocenters. The summed E-state index contributed by atoms with van der Waals surface area (Å²) in [5.74, 6) is 0. The van der Waals surface area contributed by atoms with Gasteiger partial charge in [0.2, 0.25) is 0 Å². The van der Waals surface area contributed by atoms with Gasteiger partial charge in [-0.25, -0.2) is 6.07 Å². The first-order valence-corrected chi connectivity index (χ1v) is 17.4. The second-order valence-electron chi connectivity index (χ2n) is 13.1. The van der Waals surface area contributed by atoms with E-state index in [1.165, 1.54) is 121 Å². The molecule has 0 spiro atoms. The van der Waals surface area contributed by atoms with E-state index in [2.05, 4.69) is 145 Å². The molecule has 1 fully saturated rings. The van der Waals surface area contributed by atoms with E-state index in [1.807, 2.05) is 0 Å². The van der Waals surface area contributed by atoms with Crippen LogP contribution in [0.4, 0.5) is 0 Å². The molecule has 2 aliphatic carbocycles. The first-order chi connectivity index (χ1) is 21.1. The van der Waals surface area contributed by atoms with Crippen molar-refractivity contribution in [1.29, 1.82) is 0 Å². The molecule has 0 aromatic heterocycles. The Morgan fingerprint density at radius 1 is 0.696 bits per heavy atom. The van der Waals surface area contributed by atoms with Gasteiger partial charge in [-0.2, -0.15) is 46.5 Å². The molecule has 0 amide bonds. The molecule has 238 valence electrons. The van der Waals surface area contributed by atoms with Gasteiger partial charge in [0, 0.05) is 0 Å². The third-order valence-corrected chi connectivity index (χ3v) is 11.1. The van der Waals surface area contributed by atoms with Gasteiger partial charge in [-0.15, -0.1) is 11.1 Å². The summed E-state index contributed by atoms with van der Waals surface area (Å²) in [6.45, 7) is 13.3. The van der Waals surface area contributed by atoms with Crippen LogP contribution in [0.5, 0.6) is 0 Å². The first kappa shape index (κ1) is 38.0. The second-order valence-corrected chi connectivity index (χ2v) is 14.4. The Hall–Kier alpha value is -2.44. The summed E-state index contributed by atoms with van der Waals surface area (Å²) in [5.41, 5.74) is 17.2. The topological polar surface area (TPSA) is 0 Å². The van der Waals surface area contributed by atoms with Crippen LogP contribution in [0, 0.1) is 40.7 Å². The normalized spacial score (nSPS) is 13.7. The maximum atomic E-state index is 3.54. The van der Waals surface area contributed by atoms with Gasteiger partial charge in [0.15, 0.2) is 0 Å². The van der Waals surface area contributed by atoms with Crippen LogP contribution >= 0.6 is 0 Å². The molecule has 5 aromatic rings.